The molecule has 8 nitrogen and oxygen atoms in total. The molecule has 0 saturated heterocycles. The lowest BCUT2D eigenvalue weighted by Crippen LogP contribution is -2.10. The average Bonchev–Trinajstić information content (AvgIpc) is 2.76. The highest BCUT2D eigenvalue weighted by atomic mass is 16.5. The van der Waals surface area contributed by atoms with Crippen molar-refractivity contribution in [1.29, 1.82) is 0 Å². The molecule has 148 valence electrons. The van der Waals surface area contributed by atoms with Crippen molar-refractivity contribution in [3.05, 3.63) is 42.0 Å². The van der Waals surface area contributed by atoms with E-state index in [9.17, 15) is 0 Å². The lowest BCUT2D eigenvalue weighted by Gasteiger charge is -2.10. The van der Waals surface area contributed by atoms with Gasteiger partial charge in [-0.2, -0.15) is 0 Å². The molecule has 0 spiro atoms. The van der Waals surface area contributed by atoms with Crippen molar-refractivity contribution in [2.45, 2.75) is 12.8 Å². The summed E-state index contributed by atoms with van der Waals surface area (Å²) in [6.07, 6.45) is 6.85. The SMILES string of the molecule is CNc1ncc2c3nc(ncc13)NCCCOCCCOc1ccnc(c1)C#C2. The van der Waals surface area contributed by atoms with Crippen molar-refractivity contribution < 1.29 is 9.47 Å². The normalized spacial score (nSPS) is 14.7. The molecular weight excluding hydrogens is 368 g/mol. The minimum atomic E-state index is 0.559. The number of hydrogen-bond donors (Lipinski definition) is 2. The van der Waals surface area contributed by atoms with Crippen LogP contribution in [-0.2, 0) is 4.74 Å². The molecule has 2 N–H and O–H groups in total. The molecule has 4 rings (SSSR count). The van der Waals surface area contributed by atoms with Crippen LogP contribution in [-0.4, -0.2) is 53.3 Å². The first kappa shape index (κ1) is 18.9. The summed E-state index contributed by atoms with van der Waals surface area (Å²) < 4.78 is 11.4. The maximum Gasteiger partial charge on any atom is 0.223 e. The van der Waals surface area contributed by atoms with Gasteiger partial charge < -0.3 is 20.1 Å². The lowest BCUT2D eigenvalue weighted by atomic mass is 10.2. The Morgan fingerprint density at radius 3 is 2.93 bits per heavy atom. The van der Waals surface area contributed by atoms with Gasteiger partial charge in [-0.25, -0.2) is 19.9 Å². The van der Waals surface area contributed by atoms with Crippen LogP contribution in [0.2, 0.25) is 0 Å². The van der Waals surface area contributed by atoms with Crippen LogP contribution in [0.15, 0.2) is 30.7 Å². The number of nitrogens with one attached hydrogen (secondary N) is 2. The standard InChI is InChI=1S/C21H22N6O2/c1-22-20-18-14-26-21-24-7-2-9-28-10-3-11-29-17-6-8-23-16(12-17)5-4-15(13-25-20)19(18)27-21/h6,8,12-14H,2-3,7,9-11H2,1H3,(H,22,25)(H,24,26,27). The van der Waals surface area contributed by atoms with E-state index >= 15 is 0 Å². The van der Waals surface area contributed by atoms with E-state index in [-0.39, 0.29) is 0 Å². The topological polar surface area (TPSA) is 94.1 Å². The number of rotatable bonds is 1. The second kappa shape index (κ2) is 9.17. The van der Waals surface area contributed by atoms with Gasteiger partial charge in [0.15, 0.2) is 0 Å². The van der Waals surface area contributed by atoms with Gasteiger partial charge >= 0.3 is 0 Å². The average molecular weight is 390 g/mol. The Morgan fingerprint density at radius 2 is 2.00 bits per heavy atom. The monoisotopic (exact) mass is 390 g/mol. The molecule has 0 saturated carbocycles. The fourth-order valence-corrected chi connectivity index (χ4v) is 2.92. The van der Waals surface area contributed by atoms with Gasteiger partial charge in [-0.1, -0.05) is 5.92 Å². The summed E-state index contributed by atoms with van der Waals surface area (Å²) in [7, 11) is 1.82. The zero-order valence-corrected chi connectivity index (χ0v) is 16.2. The molecule has 0 fully saturated rings. The Kier molecular flexibility index (Phi) is 5.98. The molecule has 3 aromatic heterocycles. The molecule has 0 atom stereocenters. The molecule has 0 radical (unpaired) electrons. The highest BCUT2D eigenvalue weighted by Gasteiger charge is 2.09. The van der Waals surface area contributed by atoms with Crippen molar-refractivity contribution >= 4 is 22.7 Å². The van der Waals surface area contributed by atoms with E-state index in [4.69, 9.17) is 9.47 Å². The van der Waals surface area contributed by atoms with E-state index in [0.29, 0.717) is 42.8 Å². The van der Waals surface area contributed by atoms with Crippen LogP contribution in [0, 0.1) is 11.8 Å². The zero-order chi connectivity index (χ0) is 19.9. The van der Waals surface area contributed by atoms with Crippen LogP contribution in [0.3, 0.4) is 0 Å². The summed E-state index contributed by atoms with van der Waals surface area (Å²) in [5.74, 6) is 8.25. The highest BCUT2D eigenvalue weighted by Crippen LogP contribution is 2.23. The Hall–Kier alpha value is -3.44. The zero-order valence-electron chi connectivity index (χ0n) is 16.2. The van der Waals surface area contributed by atoms with Crippen LogP contribution >= 0.6 is 0 Å². The Morgan fingerprint density at radius 1 is 1.07 bits per heavy atom. The second-order valence-electron chi connectivity index (χ2n) is 6.45. The van der Waals surface area contributed by atoms with E-state index in [2.05, 4.69) is 42.4 Å². The Labute approximate surface area is 169 Å². The molecule has 3 aromatic rings. The van der Waals surface area contributed by atoms with Crippen molar-refractivity contribution in [1.82, 2.24) is 19.9 Å². The number of fused-ring (bicyclic) bond motifs is 3. The number of aromatic nitrogens is 4. The first-order valence-corrected chi connectivity index (χ1v) is 9.59. The fourth-order valence-electron chi connectivity index (χ4n) is 2.92. The third-order valence-corrected chi connectivity index (χ3v) is 4.37. The van der Waals surface area contributed by atoms with Crippen molar-refractivity contribution in [2.75, 3.05) is 44.0 Å². The third-order valence-electron chi connectivity index (χ3n) is 4.37. The Bertz CT molecular complexity index is 1060. The number of anilines is 2. The molecule has 29 heavy (non-hydrogen) atoms. The minimum absolute atomic E-state index is 0.559. The van der Waals surface area contributed by atoms with Gasteiger partial charge in [0, 0.05) is 57.9 Å². The van der Waals surface area contributed by atoms with Crippen molar-refractivity contribution in [3.63, 3.8) is 0 Å². The molecule has 1 aliphatic rings. The molecular formula is C21H22N6O2. The van der Waals surface area contributed by atoms with Gasteiger partial charge in [0.1, 0.15) is 17.3 Å². The largest absolute Gasteiger partial charge is 0.493 e. The van der Waals surface area contributed by atoms with Crippen molar-refractivity contribution in [2.24, 2.45) is 0 Å². The molecule has 0 unspecified atom stereocenters. The molecule has 0 aromatic carbocycles. The Balaban J connectivity index is 1.75. The second-order valence-corrected chi connectivity index (χ2v) is 6.45. The van der Waals surface area contributed by atoms with Gasteiger partial charge in [-0.3, -0.25) is 0 Å². The smallest absolute Gasteiger partial charge is 0.223 e. The van der Waals surface area contributed by atoms with E-state index in [1.54, 1.807) is 18.6 Å². The number of hydrogen-bond acceptors (Lipinski definition) is 8. The van der Waals surface area contributed by atoms with Crippen LogP contribution in [0.1, 0.15) is 24.1 Å². The third kappa shape index (κ3) is 4.70. The number of ether oxygens (including phenoxy) is 2. The van der Waals surface area contributed by atoms with Gasteiger partial charge in [0.25, 0.3) is 0 Å². The summed E-state index contributed by atoms with van der Waals surface area (Å²) in [6.45, 7) is 2.64. The minimum Gasteiger partial charge on any atom is -0.493 e. The molecule has 1 aliphatic heterocycles. The molecule has 0 amide bonds. The fraction of sp³-hybridized carbons (Fsp3) is 0.333. The summed E-state index contributed by atoms with van der Waals surface area (Å²) in [4.78, 5) is 17.8. The summed E-state index contributed by atoms with van der Waals surface area (Å²) >= 11 is 0. The molecule has 8 heteroatoms. The van der Waals surface area contributed by atoms with Gasteiger partial charge in [0.05, 0.1) is 23.1 Å². The maximum absolute atomic E-state index is 5.77. The highest BCUT2D eigenvalue weighted by molar-refractivity contribution is 5.92. The molecule has 4 bridgehead atoms. The predicted molar refractivity (Wildman–Crippen MR) is 111 cm³/mol. The number of nitrogens with zero attached hydrogens (tertiary/aromatic N) is 4. The van der Waals surface area contributed by atoms with Gasteiger partial charge in [-0.05, 0) is 18.4 Å². The molecule has 4 heterocycles. The van der Waals surface area contributed by atoms with E-state index in [1.807, 2.05) is 19.2 Å². The van der Waals surface area contributed by atoms with Crippen LogP contribution < -0.4 is 15.4 Å². The molecule has 0 aliphatic carbocycles. The summed E-state index contributed by atoms with van der Waals surface area (Å²) in [5, 5.41) is 7.13. The van der Waals surface area contributed by atoms with Gasteiger partial charge in [0.2, 0.25) is 5.95 Å². The summed E-state index contributed by atoms with van der Waals surface area (Å²) in [5.41, 5.74) is 2.07. The van der Waals surface area contributed by atoms with Crippen LogP contribution in [0.5, 0.6) is 5.75 Å². The first-order chi connectivity index (χ1) is 14.3. The van der Waals surface area contributed by atoms with Crippen molar-refractivity contribution in [3.8, 4) is 17.6 Å². The first-order valence-electron chi connectivity index (χ1n) is 9.59. The maximum atomic E-state index is 5.77. The summed E-state index contributed by atoms with van der Waals surface area (Å²) in [6, 6.07) is 3.66. The van der Waals surface area contributed by atoms with Crippen LogP contribution in [0.25, 0.3) is 10.9 Å². The van der Waals surface area contributed by atoms with Crippen LogP contribution in [0.4, 0.5) is 11.8 Å². The lowest BCUT2D eigenvalue weighted by molar-refractivity contribution is 0.119. The van der Waals surface area contributed by atoms with E-state index in [0.717, 1.165) is 36.0 Å². The quantitative estimate of drug-likeness (QED) is 0.612. The van der Waals surface area contributed by atoms with Gasteiger partial charge in [-0.15, -0.1) is 0 Å². The van der Waals surface area contributed by atoms with E-state index < -0.39 is 0 Å². The van der Waals surface area contributed by atoms with E-state index in [1.165, 1.54) is 0 Å². The predicted octanol–water partition coefficient (Wildman–Crippen LogP) is 2.46. The number of pyridine rings is 2.